The average Bonchev–Trinajstić information content (AvgIpc) is 3.14. The molecule has 1 aliphatic heterocycles. The quantitative estimate of drug-likeness (QED) is 0.527. The van der Waals surface area contributed by atoms with Gasteiger partial charge in [-0.1, -0.05) is 26.2 Å². The van der Waals surface area contributed by atoms with Crippen molar-refractivity contribution in [2.75, 3.05) is 46.8 Å². The zero-order valence-corrected chi connectivity index (χ0v) is 16.2. The molecule has 1 aliphatic carbocycles. The number of unbranched alkanes of at least 4 members (excludes halogenated alkanes) is 1. The summed E-state index contributed by atoms with van der Waals surface area (Å²) in [6.07, 6.45) is 10.8. The van der Waals surface area contributed by atoms with Crippen LogP contribution in [0.25, 0.3) is 0 Å². The highest BCUT2D eigenvalue weighted by atomic mass is 15.2. The number of hydrogen-bond donors (Lipinski definition) is 2. The predicted molar refractivity (Wildman–Crippen MR) is 104 cm³/mol. The fourth-order valence-electron chi connectivity index (χ4n) is 3.97. The Labute approximate surface area is 149 Å². The van der Waals surface area contributed by atoms with Crippen LogP contribution in [0.3, 0.4) is 0 Å². The molecule has 2 N–H and O–H groups in total. The molecular weight excluding hydrogens is 298 g/mol. The first-order chi connectivity index (χ1) is 11.7. The summed E-state index contributed by atoms with van der Waals surface area (Å²) >= 11 is 0. The van der Waals surface area contributed by atoms with Crippen LogP contribution in [-0.2, 0) is 0 Å². The number of hydrogen-bond acceptors (Lipinski definition) is 3. The third-order valence-electron chi connectivity index (χ3n) is 5.61. The van der Waals surface area contributed by atoms with Crippen LogP contribution in [0.1, 0.15) is 58.3 Å². The van der Waals surface area contributed by atoms with Crippen LogP contribution in [0.4, 0.5) is 0 Å². The van der Waals surface area contributed by atoms with E-state index in [0.29, 0.717) is 6.04 Å². The topological polar surface area (TPSA) is 42.9 Å². The summed E-state index contributed by atoms with van der Waals surface area (Å²) in [5, 5.41) is 7.10. The van der Waals surface area contributed by atoms with E-state index in [9.17, 15) is 0 Å². The second-order valence-electron chi connectivity index (χ2n) is 7.55. The maximum atomic E-state index is 4.40. The van der Waals surface area contributed by atoms with Crippen molar-refractivity contribution in [2.45, 2.75) is 70.4 Å². The highest BCUT2D eigenvalue weighted by Gasteiger charge is 2.27. The minimum atomic E-state index is 0.576. The second kappa shape index (κ2) is 10.9. The van der Waals surface area contributed by atoms with Gasteiger partial charge in [-0.3, -0.25) is 4.99 Å². The lowest BCUT2D eigenvalue weighted by molar-refractivity contribution is 0.150. The standard InChI is InChI=1S/C19H39N5/c1-4-5-13-23(3)16-12-21-19(20-2)22-17-10-14-24(15-11-17)18-8-6-7-9-18/h17-18H,4-16H2,1-3H3,(H2,20,21,22). The molecule has 2 aliphatic rings. The Hall–Kier alpha value is -0.810. The molecule has 2 fully saturated rings. The first kappa shape index (κ1) is 19.5. The first-order valence-electron chi connectivity index (χ1n) is 10.1. The summed E-state index contributed by atoms with van der Waals surface area (Å²) < 4.78 is 0. The molecule has 0 aromatic rings. The summed E-state index contributed by atoms with van der Waals surface area (Å²) in [7, 11) is 4.08. The van der Waals surface area contributed by atoms with Gasteiger partial charge < -0.3 is 20.4 Å². The maximum absolute atomic E-state index is 4.40. The van der Waals surface area contributed by atoms with Gasteiger partial charge in [0.05, 0.1) is 0 Å². The molecule has 0 aromatic carbocycles. The van der Waals surface area contributed by atoms with Crippen molar-refractivity contribution in [3.05, 3.63) is 0 Å². The van der Waals surface area contributed by atoms with Gasteiger partial charge in [-0.05, 0) is 45.7 Å². The lowest BCUT2D eigenvalue weighted by atomic mass is 10.0. The van der Waals surface area contributed by atoms with Crippen LogP contribution >= 0.6 is 0 Å². The Morgan fingerprint density at radius 1 is 1.12 bits per heavy atom. The van der Waals surface area contributed by atoms with E-state index < -0.39 is 0 Å². The van der Waals surface area contributed by atoms with Crippen molar-refractivity contribution >= 4 is 5.96 Å². The van der Waals surface area contributed by atoms with Gasteiger partial charge in [0.2, 0.25) is 0 Å². The van der Waals surface area contributed by atoms with Gasteiger partial charge >= 0.3 is 0 Å². The molecule has 1 saturated heterocycles. The minimum absolute atomic E-state index is 0.576. The van der Waals surface area contributed by atoms with Crippen molar-refractivity contribution in [2.24, 2.45) is 4.99 Å². The number of guanidine groups is 1. The summed E-state index contributed by atoms with van der Waals surface area (Å²) in [5.41, 5.74) is 0. The maximum Gasteiger partial charge on any atom is 0.191 e. The van der Waals surface area contributed by atoms with E-state index in [-0.39, 0.29) is 0 Å². The Morgan fingerprint density at radius 2 is 1.83 bits per heavy atom. The zero-order valence-electron chi connectivity index (χ0n) is 16.2. The Balaban J connectivity index is 1.61. The van der Waals surface area contributed by atoms with Gasteiger partial charge in [0.1, 0.15) is 0 Å². The molecule has 0 unspecified atom stereocenters. The summed E-state index contributed by atoms with van der Waals surface area (Å²) in [6.45, 7) is 7.96. The van der Waals surface area contributed by atoms with Crippen LogP contribution < -0.4 is 10.6 Å². The van der Waals surface area contributed by atoms with Crippen molar-refractivity contribution in [1.82, 2.24) is 20.4 Å². The van der Waals surface area contributed by atoms with Crippen LogP contribution in [-0.4, -0.2) is 74.7 Å². The molecular formula is C19H39N5. The zero-order chi connectivity index (χ0) is 17.2. The number of nitrogens with one attached hydrogen (secondary N) is 2. The third-order valence-corrected chi connectivity index (χ3v) is 5.61. The van der Waals surface area contributed by atoms with Crippen molar-refractivity contribution in [3.8, 4) is 0 Å². The Kier molecular flexibility index (Phi) is 8.89. The summed E-state index contributed by atoms with van der Waals surface area (Å²) in [6, 6.07) is 1.45. The van der Waals surface area contributed by atoms with Crippen LogP contribution in [0.5, 0.6) is 0 Å². The molecule has 1 saturated carbocycles. The Morgan fingerprint density at radius 3 is 2.46 bits per heavy atom. The van der Waals surface area contributed by atoms with Crippen molar-refractivity contribution in [1.29, 1.82) is 0 Å². The molecule has 0 aromatic heterocycles. The molecule has 0 amide bonds. The van der Waals surface area contributed by atoms with E-state index in [1.54, 1.807) is 0 Å². The number of nitrogens with zero attached hydrogens (tertiary/aromatic N) is 3. The molecule has 5 heteroatoms. The summed E-state index contributed by atoms with van der Waals surface area (Å²) in [5.74, 6) is 0.971. The van der Waals surface area contributed by atoms with E-state index >= 15 is 0 Å². The average molecular weight is 338 g/mol. The van der Waals surface area contributed by atoms with Crippen molar-refractivity contribution < 1.29 is 0 Å². The van der Waals surface area contributed by atoms with Gasteiger partial charge in [-0.15, -0.1) is 0 Å². The van der Waals surface area contributed by atoms with Gasteiger partial charge in [0.15, 0.2) is 5.96 Å². The number of rotatable bonds is 8. The molecule has 1 heterocycles. The lowest BCUT2D eigenvalue weighted by Crippen LogP contribution is -2.51. The van der Waals surface area contributed by atoms with Gasteiger partial charge in [0.25, 0.3) is 0 Å². The van der Waals surface area contributed by atoms with E-state index in [0.717, 1.165) is 25.1 Å². The molecule has 24 heavy (non-hydrogen) atoms. The smallest absolute Gasteiger partial charge is 0.191 e. The molecule has 140 valence electrons. The van der Waals surface area contributed by atoms with Gasteiger partial charge in [-0.2, -0.15) is 0 Å². The SMILES string of the molecule is CCCCN(C)CCNC(=NC)NC1CCN(C2CCCC2)CC1. The monoisotopic (exact) mass is 337 g/mol. The number of likely N-dealkylation sites (N-methyl/N-ethyl adjacent to an activating group) is 1. The normalized spacial score (nSPS) is 21.6. The highest BCUT2D eigenvalue weighted by Crippen LogP contribution is 2.26. The fraction of sp³-hybridized carbons (Fsp3) is 0.947. The number of piperidine rings is 1. The molecule has 5 nitrogen and oxygen atoms in total. The van der Waals surface area contributed by atoms with Gasteiger partial charge in [0, 0.05) is 45.3 Å². The number of likely N-dealkylation sites (tertiary alicyclic amines) is 1. The minimum Gasteiger partial charge on any atom is -0.355 e. The Bertz CT molecular complexity index is 357. The molecule has 0 radical (unpaired) electrons. The summed E-state index contributed by atoms with van der Waals surface area (Å²) in [4.78, 5) is 9.52. The molecule has 0 spiro atoms. The van der Waals surface area contributed by atoms with Crippen LogP contribution in [0, 0.1) is 0 Å². The third kappa shape index (κ3) is 6.60. The number of aliphatic imine (C=N–C) groups is 1. The predicted octanol–water partition coefficient (Wildman–Crippen LogP) is 2.29. The highest BCUT2D eigenvalue weighted by molar-refractivity contribution is 5.79. The fourth-order valence-corrected chi connectivity index (χ4v) is 3.97. The van der Waals surface area contributed by atoms with Crippen LogP contribution in [0.2, 0.25) is 0 Å². The second-order valence-corrected chi connectivity index (χ2v) is 7.55. The van der Waals surface area contributed by atoms with Crippen LogP contribution in [0.15, 0.2) is 4.99 Å². The van der Waals surface area contributed by atoms with E-state index in [2.05, 4.69) is 39.4 Å². The van der Waals surface area contributed by atoms with E-state index in [1.165, 1.54) is 71.0 Å². The van der Waals surface area contributed by atoms with Gasteiger partial charge in [-0.25, -0.2) is 0 Å². The molecule has 0 atom stereocenters. The first-order valence-corrected chi connectivity index (χ1v) is 10.1. The lowest BCUT2D eigenvalue weighted by Gasteiger charge is -2.36. The van der Waals surface area contributed by atoms with E-state index in [1.807, 2.05) is 7.05 Å². The molecule has 2 rings (SSSR count). The van der Waals surface area contributed by atoms with E-state index in [4.69, 9.17) is 0 Å². The van der Waals surface area contributed by atoms with Crippen molar-refractivity contribution in [3.63, 3.8) is 0 Å². The molecule has 0 bridgehead atoms. The largest absolute Gasteiger partial charge is 0.355 e.